The summed E-state index contributed by atoms with van der Waals surface area (Å²) in [6, 6.07) is 12.0. The number of rotatable bonds is 4. The van der Waals surface area contributed by atoms with E-state index in [1.807, 2.05) is 36.2 Å². The van der Waals surface area contributed by atoms with Gasteiger partial charge in [0, 0.05) is 32.5 Å². The minimum atomic E-state index is -0.00119. The number of anilines is 1. The molecule has 2 heterocycles. The Labute approximate surface area is 143 Å². The van der Waals surface area contributed by atoms with Gasteiger partial charge in [-0.3, -0.25) is 4.79 Å². The van der Waals surface area contributed by atoms with Crippen molar-refractivity contribution in [3.05, 3.63) is 54.4 Å². The van der Waals surface area contributed by atoms with Gasteiger partial charge in [0.1, 0.15) is 0 Å². The lowest BCUT2D eigenvalue weighted by molar-refractivity contribution is -0.136. The molecule has 5 nitrogen and oxygen atoms in total. The Morgan fingerprint density at radius 1 is 1.21 bits per heavy atom. The largest absolute Gasteiger partial charge is 0.340 e. The Kier molecular flexibility index (Phi) is 5.08. The maximum Gasteiger partial charge on any atom is 0.227 e. The molecule has 1 aliphatic heterocycles. The van der Waals surface area contributed by atoms with E-state index in [0.717, 1.165) is 24.9 Å². The van der Waals surface area contributed by atoms with Crippen LogP contribution in [0.1, 0.15) is 31.4 Å². The Morgan fingerprint density at radius 3 is 2.62 bits per heavy atom. The van der Waals surface area contributed by atoms with Gasteiger partial charge in [0.05, 0.1) is 12.0 Å². The predicted octanol–water partition coefficient (Wildman–Crippen LogP) is 2.91. The molecule has 2 unspecified atom stereocenters. The van der Waals surface area contributed by atoms with E-state index in [-0.39, 0.29) is 17.9 Å². The summed E-state index contributed by atoms with van der Waals surface area (Å²) in [4.78, 5) is 25.6. The molecule has 1 aromatic carbocycles. The second-order valence-corrected chi connectivity index (χ2v) is 6.37. The first-order valence-corrected chi connectivity index (χ1v) is 8.50. The lowest BCUT2D eigenvalue weighted by Crippen LogP contribution is -2.44. The predicted molar refractivity (Wildman–Crippen MR) is 94.6 cm³/mol. The molecule has 0 bridgehead atoms. The lowest BCUT2D eigenvalue weighted by Gasteiger charge is -2.35. The van der Waals surface area contributed by atoms with E-state index in [4.69, 9.17) is 0 Å². The number of hydrogen-bond donors (Lipinski definition) is 0. The maximum absolute atomic E-state index is 12.9. The van der Waals surface area contributed by atoms with E-state index in [0.29, 0.717) is 12.5 Å². The number of carbonyl (C=O) groups excluding carboxylic acids is 1. The van der Waals surface area contributed by atoms with E-state index >= 15 is 0 Å². The Hall–Kier alpha value is -2.43. The van der Waals surface area contributed by atoms with Crippen LogP contribution in [-0.2, 0) is 4.79 Å². The molecule has 0 aliphatic carbocycles. The van der Waals surface area contributed by atoms with Crippen molar-refractivity contribution in [2.45, 2.75) is 25.8 Å². The molecule has 0 spiro atoms. The molecule has 5 heteroatoms. The topological polar surface area (TPSA) is 49.3 Å². The van der Waals surface area contributed by atoms with Gasteiger partial charge in [-0.2, -0.15) is 0 Å². The zero-order chi connectivity index (χ0) is 16.9. The van der Waals surface area contributed by atoms with Crippen molar-refractivity contribution >= 4 is 11.9 Å². The fourth-order valence-corrected chi connectivity index (χ4v) is 3.25. The van der Waals surface area contributed by atoms with E-state index in [1.54, 1.807) is 12.4 Å². The second-order valence-electron chi connectivity index (χ2n) is 6.37. The zero-order valence-electron chi connectivity index (χ0n) is 14.3. The highest BCUT2D eigenvalue weighted by Gasteiger charge is 2.30. The summed E-state index contributed by atoms with van der Waals surface area (Å²) in [6.07, 6.45) is 5.41. The van der Waals surface area contributed by atoms with Crippen molar-refractivity contribution < 1.29 is 4.79 Å². The Bertz CT molecular complexity index is 662. The molecule has 0 saturated carbocycles. The van der Waals surface area contributed by atoms with Crippen molar-refractivity contribution in [1.29, 1.82) is 0 Å². The molecule has 1 aliphatic rings. The standard InChI is InChI=1S/C19H24N4O/c1-15(16-8-4-3-5-9-16)22(2)18(24)17-10-6-13-23(14-17)19-20-11-7-12-21-19/h3-5,7-9,11-12,15,17H,6,10,13-14H2,1-2H3. The van der Waals surface area contributed by atoms with Crippen LogP contribution in [0, 0.1) is 5.92 Å². The van der Waals surface area contributed by atoms with Gasteiger partial charge in [0.15, 0.2) is 0 Å². The molecule has 0 N–H and O–H groups in total. The SMILES string of the molecule is CC(c1ccccc1)N(C)C(=O)C1CCCN(c2ncccn2)C1. The summed E-state index contributed by atoms with van der Waals surface area (Å²) in [7, 11) is 1.90. The number of aromatic nitrogens is 2. The number of piperidine rings is 1. The smallest absolute Gasteiger partial charge is 0.227 e. The maximum atomic E-state index is 12.9. The molecule has 126 valence electrons. The van der Waals surface area contributed by atoms with Gasteiger partial charge in [0.2, 0.25) is 11.9 Å². The highest BCUT2D eigenvalue weighted by atomic mass is 16.2. The number of hydrogen-bond acceptors (Lipinski definition) is 4. The van der Waals surface area contributed by atoms with E-state index in [1.165, 1.54) is 0 Å². The molecule has 1 fully saturated rings. The van der Waals surface area contributed by atoms with Crippen molar-refractivity contribution in [2.75, 3.05) is 25.0 Å². The first-order valence-electron chi connectivity index (χ1n) is 8.50. The van der Waals surface area contributed by atoms with Crippen molar-refractivity contribution in [1.82, 2.24) is 14.9 Å². The fourth-order valence-electron chi connectivity index (χ4n) is 3.25. The van der Waals surface area contributed by atoms with Gasteiger partial charge in [-0.15, -0.1) is 0 Å². The van der Waals surface area contributed by atoms with Gasteiger partial charge in [0.25, 0.3) is 0 Å². The van der Waals surface area contributed by atoms with Crippen LogP contribution in [0.3, 0.4) is 0 Å². The molecule has 1 aromatic heterocycles. The summed E-state index contributed by atoms with van der Waals surface area (Å²) in [5.41, 5.74) is 1.16. The van der Waals surface area contributed by atoms with Crippen molar-refractivity contribution in [3.8, 4) is 0 Å². The molecular weight excluding hydrogens is 300 g/mol. The van der Waals surface area contributed by atoms with Crippen LogP contribution < -0.4 is 4.90 Å². The summed E-state index contributed by atoms with van der Waals surface area (Å²) in [5, 5.41) is 0. The lowest BCUT2D eigenvalue weighted by atomic mass is 9.95. The molecule has 3 rings (SSSR count). The number of carbonyl (C=O) groups is 1. The molecule has 2 aromatic rings. The van der Waals surface area contributed by atoms with Gasteiger partial charge in [-0.1, -0.05) is 30.3 Å². The summed E-state index contributed by atoms with van der Waals surface area (Å²) < 4.78 is 0. The third-order valence-electron chi connectivity index (χ3n) is 4.82. The average Bonchev–Trinajstić information content (AvgIpc) is 2.67. The van der Waals surface area contributed by atoms with Crippen molar-refractivity contribution in [2.24, 2.45) is 5.92 Å². The van der Waals surface area contributed by atoms with Crippen LogP contribution in [0.15, 0.2) is 48.8 Å². The van der Waals surface area contributed by atoms with Crippen LogP contribution in [0.4, 0.5) is 5.95 Å². The third-order valence-corrected chi connectivity index (χ3v) is 4.82. The zero-order valence-corrected chi connectivity index (χ0v) is 14.3. The highest BCUT2D eigenvalue weighted by Crippen LogP contribution is 2.25. The molecule has 24 heavy (non-hydrogen) atoms. The monoisotopic (exact) mass is 324 g/mol. The fraction of sp³-hybridized carbons (Fsp3) is 0.421. The third kappa shape index (κ3) is 3.55. The number of benzene rings is 1. The molecule has 0 radical (unpaired) electrons. The molecule has 1 saturated heterocycles. The van der Waals surface area contributed by atoms with Gasteiger partial charge < -0.3 is 9.80 Å². The summed E-state index contributed by atoms with van der Waals surface area (Å²) in [6.45, 7) is 3.68. The normalized spacial score (nSPS) is 18.9. The van der Waals surface area contributed by atoms with E-state index in [9.17, 15) is 4.79 Å². The van der Waals surface area contributed by atoms with E-state index < -0.39 is 0 Å². The van der Waals surface area contributed by atoms with Crippen molar-refractivity contribution in [3.63, 3.8) is 0 Å². The Morgan fingerprint density at radius 2 is 1.92 bits per heavy atom. The second kappa shape index (κ2) is 7.43. The molecule has 2 atom stereocenters. The Balaban J connectivity index is 1.68. The first kappa shape index (κ1) is 16.4. The highest BCUT2D eigenvalue weighted by molar-refractivity contribution is 5.80. The summed E-state index contributed by atoms with van der Waals surface area (Å²) in [5.74, 6) is 0.916. The minimum absolute atomic E-state index is 0.00119. The van der Waals surface area contributed by atoms with Gasteiger partial charge in [-0.05, 0) is 31.4 Å². The van der Waals surface area contributed by atoms with Crippen LogP contribution in [0.25, 0.3) is 0 Å². The number of nitrogens with zero attached hydrogens (tertiary/aromatic N) is 4. The van der Waals surface area contributed by atoms with E-state index in [2.05, 4.69) is 33.9 Å². The minimum Gasteiger partial charge on any atom is -0.340 e. The van der Waals surface area contributed by atoms with Gasteiger partial charge >= 0.3 is 0 Å². The quantitative estimate of drug-likeness (QED) is 0.868. The number of amides is 1. The summed E-state index contributed by atoms with van der Waals surface area (Å²) >= 11 is 0. The molecule has 1 amide bonds. The van der Waals surface area contributed by atoms with Crippen LogP contribution >= 0.6 is 0 Å². The molecular formula is C19H24N4O. The average molecular weight is 324 g/mol. The van der Waals surface area contributed by atoms with Crippen LogP contribution in [0.5, 0.6) is 0 Å². The van der Waals surface area contributed by atoms with Crippen LogP contribution in [-0.4, -0.2) is 40.9 Å². The van der Waals surface area contributed by atoms with Gasteiger partial charge in [-0.25, -0.2) is 9.97 Å². The first-order chi connectivity index (χ1) is 11.7. The van der Waals surface area contributed by atoms with Crippen LogP contribution in [0.2, 0.25) is 0 Å².